The van der Waals surface area contributed by atoms with Crippen LogP contribution in [-0.4, -0.2) is 42.8 Å². The standard InChI is InChI=1S/C17H20ClNO5/c1-4-23-15(21)9-19-12-7-11(13(20)8-18)5-6-14(12)24-16(10(2)3)17(19)22/h5-7,10,16H,4,8-9H2,1-3H3. The first-order chi connectivity index (χ1) is 11.4. The predicted molar refractivity (Wildman–Crippen MR) is 89.7 cm³/mol. The van der Waals surface area contributed by atoms with Gasteiger partial charge in [-0.25, -0.2) is 0 Å². The molecule has 130 valence electrons. The van der Waals surface area contributed by atoms with E-state index in [1.165, 1.54) is 11.0 Å². The number of carbonyl (C=O) groups is 3. The van der Waals surface area contributed by atoms with E-state index >= 15 is 0 Å². The molecule has 1 atom stereocenters. The van der Waals surface area contributed by atoms with E-state index in [-0.39, 0.29) is 36.6 Å². The third kappa shape index (κ3) is 3.70. The number of esters is 1. The number of fused-ring (bicyclic) bond motifs is 1. The fourth-order valence-electron chi connectivity index (χ4n) is 2.46. The van der Waals surface area contributed by atoms with Crippen molar-refractivity contribution in [2.45, 2.75) is 26.9 Å². The maximum Gasteiger partial charge on any atom is 0.326 e. The molecular weight excluding hydrogens is 334 g/mol. The van der Waals surface area contributed by atoms with Crippen LogP contribution in [-0.2, 0) is 14.3 Å². The molecule has 1 aliphatic rings. The molecule has 0 aromatic heterocycles. The summed E-state index contributed by atoms with van der Waals surface area (Å²) in [6, 6.07) is 4.74. The molecule has 1 unspecified atom stereocenters. The first-order valence-electron chi connectivity index (χ1n) is 7.75. The molecule has 0 aliphatic carbocycles. The third-order valence-electron chi connectivity index (χ3n) is 3.65. The van der Waals surface area contributed by atoms with Crippen LogP contribution in [0.3, 0.4) is 0 Å². The van der Waals surface area contributed by atoms with E-state index < -0.39 is 12.1 Å². The molecule has 1 aliphatic heterocycles. The first-order valence-corrected chi connectivity index (χ1v) is 8.29. The topological polar surface area (TPSA) is 72.9 Å². The molecule has 24 heavy (non-hydrogen) atoms. The molecule has 2 rings (SSSR count). The normalized spacial score (nSPS) is 16.6. The largest absolute Gasteiger partial charge is 0.478 e. The smallest absolute Gasteiger partial charge is 0.326 e. The highest BCUT2D eigenvalue weighted by molar-refractivity contribution is 6.30. The Labute approximate surface area is 145 Å². The Hall–Kier alpha value is -2.08. The molecule has 0 bridgehead atoms. The van der Waals surface area contributed by atoms with E-state index in [1.54, 1.807) is 19.1 Å². The SMILES string of the molecule is CCOC(=O)CN1C(=O)C(C(C)C)Oc2ccc(C(=O)CCl)cc21. The van der Waals surface area contributed by atoms with Crippen LogP contribution in [0.15, 0.2) is 18.2 Å². The molecule has 0 saturated carbocycles. The molecule has 1 aromatic carbocycles. The minimum atomic E-state index is -0.693. The summed E-state index contributed by atoms with van der Waals surface area (Å²) in [5.74, 6) is -0.909. The molecule has 0 saturated heterocycles. The molecule has 1 amide bonds. The van der Waals surface area contributed by atoms with Crippen LogP contribution in [0.1, 0.15) is 31.1 Å². The number of amides is 1. The van der Waals surface area contributed by atoms with E-state index in [9.17, 15) is 14.4 Å². The Balaban J connectivity index is 2.44. The minimum absolute atomic E-state index is 0.0699. The Kier molecular flexibility index (Phi) is 5.83. The number of hydrogen-bond donors (Lipinski definition) is 0. The lowest BCUT2D eigenvalue weighted by Gasteiger charge is -2.35. The van der Waals surface area contributed by atoms with E-state index in [1.807, 2.05) is 13.8 Å². The maximum absolute atomic E-state index is 12.7. The number of rotatable bonds is 6. The minimum Gasteiger partial charge on any atom is -0.478 e. The van der Waals surface area contributed by atoms with Crippen LogP contribution in [0.25, 0.3) is 0 Å². The zero-order chi connectivity index (χ0) is 17.9. The molecule has 1 aromatic rings. The second-order valence-corrected chi connectivity index (χ2v) is 6.02. The van der Waals surface area contributed by atoms with Gasteiger partial charge in [0, 0.05) is 5.56 Å². The number of alkyl halides is 1. The van der Waals surface area contributed by atoms with Gasteiger partial charge in [0.1, 0.15) is 12.3 Å². The first kappa shape index (κ1) is 18.3. The van der Waals surface area contributed by atoms with Gasteiger partial charge in [-0.05, 0) is 31.0 Å². The molecule has 7 heteroatoms. The van der Waals surface area contributed by atoms with Crippen molar-refractivity contribution < 1.29 is 23.9 Å². The number of hydrogen-bond acceptors (Lipinski definition) is 5. The quantitative estimate of drug-likeness (QED) is 0.446. The van der Waals surface area contributed by atoms with Crippen LogP contribution in [0.4, 0.5) is 5.69 Å². The van der Waals surface area contributed by atoms with Crippen molar-refractivity contribution in [2.24, 2.45) is 5.92 Å². The highest BCUT2D eigenvalue weighted by atomic mass is 35.5. The number of Topliss-reactive ketones (excluding diaryl/α,β-unsaturated/α-hetero) is 1. The molecule has 1 heterocycles. The lowest BCUT2D eigenvalue weighted by atomic mass is 10.0. The van der Waals surface area contributed by atoms with Gasteiger partial charge < -0.3 is 9.47 Å². The summed E-state index contributed by atoms with van der Waals surface area (Å²) < 4.78 is 10.7. The number of anilines is 1. The third-order valence-corrected chi connectivity index (χ3v) is 3.90. The fraction of sp³-hybridized carbons (Fsp3) is 0.471. The second kappa shape index (κ2) is 7.66. The Morgan fingerprint density at radius 2 is 2.08 bits per heavy atom. The van der Waals surface area contributed by atoms with E-state index in [4.69, 9.17) is 21.1 Å². The van der Waals surface area contributed by atoms with Gasteiger partial charge in [-0.2, -0.15) is 0 Å². The summed E-state index contributed by atoms with van der Waals surface area (Å²) in [7, 11) is 0. The lowest BCUT2D eigenvalue weighted by Crippen LogP contribution is -2.50. The zero-order valence-corrected chi connectivity index (χ0v) is 14.6. The monoisotopic (exact) mass is 353 g/mol. The Morgan fingerprint density at radius 3 is 2.67 bits per heavy atom. The number of carbonyl (C=O) groups excluding carboxylic acids is 3. The van der Waals surface area contributed by atoms with Crippen molar-refractivity contribution in [3.63, 3.8) is 0 Å². The van der Waals surface area contributed by atoms with Crippen LogP contribution >= 0.6 is 11.6 Å². The van der Waals surface area contributed by atoms with E-state index in [0.29, 0.717) is 17.0 Å². The fourth-order valence-corrected chi connectivity index (χ4v) is 2.61. The van der Waals surface area contributed by atoms with Crippen LogP contribution < -0.4 is 9.64 Å². The zero-order valence-electron chi connectivity index (χ0n) is 13.9. The van der Waals surface area contributed by atoms with E-state index in [2.05, 4.69) is 0 Å². The number of halogens is 1. The van der Waals surface area contributed by atoms with Gasteiger partial charge >= 0.3 is 5.97 Å². The van der Waals surface area contributed by atoms with Gasteiger partial charge in [0.15, 0.2) is 11.9 Å². The number of benzene rings is 1. The van der Waals surface area contributed by atoms with Crippen LogP contribution in [0.5, 0.6) is 5.75 Å². The second-order valence-electron chi connectivity index (χ2n) is 5.75. The summed E-state index contributed by atoms with van der Waals surface area (Å²) in [6.07, 6.45) is -0.693. The van der Waals surface area contributed by atoms with Gasteiger partial charge in [0.2, 0.25) is 0 Å². The average molecular weight is 354 g/mol. The highest BCUT2D eigenvalue weighted by Crippen LogP contribution is 2.36. The van der Waals surface area contributed by atoms with Crippen molar-refractivity contribution in [2.75, 3.05) is 23.9 Å². The van der Waals surface area contributed by atoms with Crippen molar-refractivity contribution in [1.82, 2.24) is 0 Å². The summed E-state index contributed by atoms with van der Waals surface area (Å²) in [5, 5.41) is 0. The van der Waals surface area contributed by atoms with Crippen molar-refractivity contribution in [3.8, 4) is 5.75 Å². The molecular formula is C17H20ClNO5. The van der Waals surface area contributed by atoms with E-state index in [0.717, 1.165) is 0 Å². The van der Waals surface area contributed by atoms with Gasteiger partial charge in [0.25, 0.3) is 5.91 Å². The summed E-state index contributed by atoms with van der Waals surface area (Å²) in [5.41, 5.74) is 0.734. The van der Waals surface area contributed by atoms with Gasteiger partial charge in [0.05, 0.1) is 18.2 Å². The molecule has 0 radical (unpaired) electrons. The van der Waals surface area contributed by atoms with Crippen LogP contribution in [0.2, 0.25) is 0 Å². The summed E-state index contributed by atoms with van der Waals surface area (Å²) in [6.45, 7) is 5.41. The Bertz CT molecular complexity index is 658. The maximum atomic E-state index is 12.7. The molecule has 0 N–H and O–H groups in total. The summed E-state index contributed by atoms with van der Waals surface area (Å²) in [4.78, 5) is 37.7. The van der Waals surface area contributed by atoms with Gasteiger partial charge in [-0.1, -0.05) is 13.8 Å². The number of ketones is 1. The highest BCUT2D eigenvalue weighted by Gasteiger charge is 2.37. The van der Waals surface area contributed by atoms with Crippen molar-refractivity contribution >= 4 is 34.9 Å². The molecule has 6 nitrogen and oxygen atoms in total. The number of ether oxygens (including phenoxy) is 2. The lowest BCUT2D eigenvalue weighted by molar-refractivity contribution is -0.143. The van der Waals surface area contributed by atoms with Crippen molar-refractivity contribution in [1.29, 1.82) is 0 Å². The van der Waals surface area contributed by atoms with Crippen LogP contribution in [0, 0.1) is 5.92 Å². The molecule has 0 spiro atoms. The molecule has 0 fully saturated rings. The van der Waals surface area contributed by atoms with Gasteiger partial charge in [-0.15, -0.1) is 11.6 Å². The van der Waals surface area contributed by atoms with Crippen molar-refractivity contribution in [3.05, 3.63) is 23.8 Å². The number of nitrogens with zero attached hydrogens (tertiary/aromatic N) is 1. The summed E-state index contributed by atoms with van der Waals surface area (Å²) >= 11 is 5.59. The predicted octanol–water partition coefficient (Wildman–Crippen LogP) is 2.42. The average Bonchev–Trinajstić information content (AvgIpc) is 2.56. The van der Waals surface area contributed by atoms with Gasteiger partial charge in [-0.3, -0.25) is 19.3 Å². The Morgan fingerprint density at radius 1 is 1.38 bits per heavy atom.